The first kappa shape index (κ1) is 18.0. The first-order valence-electron chi connectivity index (χ1n) is 6.51. The van der Waals surface area contributed by atoms with Crippen molar-refractivity contribution in [3.8, 4) is 0 Å². The summed E-state index contributed by atoms with van der Waals surface area (Å²) in [6.07, 6.45) is 0.328. The molecule has 0 bridgehead atoms. The Labute approximate surface area is 118 Å². The molecule has 0 heterocycles. The normalized spacial score (nSPS) is 11.0. The molecule has 1 aromatic rings. The second kappa shape index (κ2) is 9.88. The van der Waals surface area contributed by atoms with Crippen molar-refractivity contribution in [1.29, 1.82) is 0 Å². The number of non-ortho nitro benzene ring substituents is 1. The van der Waals surface area contributed by atoms with Gasteiger partial charge in [0.1, 0.15) is 0 Å². The maximum atomic E-state index is 11.5. The fourth-order valence-corrected chi connectivity index (χ4v) is 1.43. The Morgan fingerprint density at radius 2 is 1.90 bits per heavy atom. The molecular weight excluding hydrogens is 260 g/mol. The highest BCUT2D eigenvalue weighted by Gasteiger charge is 2.14. The number of rotatable bonds is 6. The van der Waals surface area contributed by atoms with Crippen LogP contribution in [-0.4, -0.2) is 30.0 Å². The molecule has 20 heavy (non-hydrogen) atoms. The van der Waals surface area contributed by atoms with Crippen LogP contribution in [0.3, 0.4) is 0 Å². The van der Waals surface area contributed by atoms with Crippen LogP contribution in [-0.2, 0) is 11.2 Å². The van der Waals surface area contributed by atoms with Crippen LogP contribution in [0.15, 0.2) is 24.3 Å². The van der Waals surface area contributed by atoms with Crippen LogP contribution in [0, 0.1) is 10.1 Å². The Morgan fingerprint density at radius 3 is 2.35 bits per heavy atom. The summed E-state index contributed by atoms with van der Waals surface area (Å²) in [5.74, 6) is -0.279. The van der Waals surface area contributed by atoms with Crippen LogP contribution in [0.2, 0.25) is 0 Å². The maximum Gasteiger partial charge on any atom is 0.269 e. The molecule has 5 N–H and O–H groups in total. The van der Waals surface area contributed by atoms with Gasteiger partial charge in [-0.1, -0.05) is 26.0 Å². The molecule has 0 aliphatic heterocycles. The van der Waals surface area contributed by atoms with Crippen molar-refractivity contribution >= 4 is 11.6 Å². The van der Waals surface area contributed by atoms with E-state index in [2.05, 4.69) is 5.32 Å². The highest BCUT2D eigenvalue weighted by Crippen LogP contribution is 2.12. The standard InChI is InChI=1S/C11H16N4O3.C2H6/c12-5-6-14-11(16)10(13)7-8-1-3-9(4-2-8)15(17)18;1-2/h1-4,10H,5-7,12-13H2,(H,14,16);1-2H3. The number of nitro benzene ring substituents is 1. The van der Waals surface area contributed by atoms with E-state index in [0.717, 1.165) is 5.56 Å². The molecule has 0 aromatic heterocycles. The highest BCUT2D eigenvalue weighted by atomic mass is 16.6. The number of hydrogen-bond donors (Lipinski definition) is 3. The monoisotopic (exact) mass is 282 g/mol. The lowest BCUT2D eigenvalue weighted by molar-refractivity contribution is -0.384. The van der Waals surface area contributed by atoms with Gasteiger partial charge in [-0.3, -0.25) is 14.9 Å². The van der Waals surface area contributed by atoms with Crippen LogP contribution < -0.4 is 16.8 Å². The number of amides is 1. The summed E-state index contributed by atoms with van der Waals surface area (Å²) < 4.78 is 0. The van der Waals surface area contributed by atoms with Gasteiger partial charge in [0.15, 0.2) is 0 Å². The van der Waals surface area contributed by atoms with Gasteiger partial charge < -0.3 is 16.8 Å². The summed E-state index contributed by atoms with van der Waals surface area (Å²) in [5, 5.41) is 13.1. The fraction of sp³-hybridized carbons (Fsp3) is 0.462. The zero-order valence-corrected chi connectivity index (χ0v) is 11.8. The zero-order valence-electron chi connectivity index (χ0n) is 11.8. The van der Waals surface area contributed by atoms with Gasteiger partial charge in [0.05, 0.1) is 11.0 Å². The number of nitrogens with two attached hydrogens (primary N) is 2. The van der Waals surface area contributed by atoms with Gasteiger partial charge in [0.25, 0.3) is 5.69 Å². The van der Waals surface area contributed by atoms with Gasteiger partial charge in [-0.25, -0.2) is 0 Å². The first-order chi connectivity index (χ1) is 9.54. The third kappa shape index (κ3) is 6.26. The second-order valence-corrected chi connectivity index (χ2v) is 3.81. The van der Waals surface area contributed by atoms with E-state index in [0.29, 0.717) is 19.5 Å². The largest absolute Gasteiger partial charge is 0.353 e. The van der Waals surface area contributed by atoms with Gasteiger partial charge >= 0.3 is 0 Å². The van der Waals surface area contributed by atoms with E-state index >= 15 is 0 Å². The van der Waals surface area contributed by atoms with Gasteiger partial charge in [-0.2, -0.15) is 0 Å². The number of nitrogens with one attached hydrogen (secondary N) is 1. The summed E-state index contributed by atoms with van der Waals surface area (Å²) in [7, 11) is 0. The fourth-order valence-electron chi connectivity index (χ4n) is 1.43. The minimum Gasteiger partial charge on any atom is -0.353 e. The SMILES string of the molecule is CC.NCCNC(=O)C(N)Cc1ccc([N+](=O)[O-])cc1. The Balaban J connectivity index is 0.00000172. The molecule has 0 aliphatic rings. The molecule has 1 amide bonds. The smallest absolute Gasteiger partial charge is 0.269 e. The van der Waals surface area contributed by atoms with Crippen molar-refractivity contribution in [1.82, 2.24) is 5.32 Å². The molecule has 0 fully saturated rings. The zero-order chi connectivity index (χ0) is 15.5. The van der Waals surface area contributed by atoms with Crippen molar-refractivity contribution in [3.05, 3.63) is 39.9 Å². The number of nitrogens with zero attached hydrogens (tertiary/aromatic N) is 1. The minimum absolute atomic E-state index is 0.0138. The summed E-state index contributed by atoms with van der Waals surface area (Å²) >= 11 is 0. The Bertz CT molecular complexity index is 420. The van der Waals surface area contributed by atoms with Crippen molar-refractivity contribution in [2.45, 2.75) is 26.3 Å². The molecule has 0 spiro atoms. The molecule has 0 saturated carbocycles. The highest BCUT2D eigenvalue weighted by molar-refractivity contribution is 5.81. The number of benzene rings is 1. The van der Waals surface area contributed by atoms with E-state index in [1.165, 1.54) is 12.1 Å². The summed E-state index contributed by atoms with van der Waals surface area (Å²) in [6, 6.07) is 5.28. The van der Waals surface area contributed by atoms with E-state index in [1.54, 1.807) is 12.1 Å². The molecule has 1 atom stereocenters. The van der Waals surface area contributed by atoms with E-state index in [-0.39, 0.29) is 11.6 Å². The number of nitro groups is 1. The van der Waals surface area contributed by atoms with Crippen LogP contribution in [0.25, 0.3) is 0 Å². The molecule has 0 saturated heterocycles. The lowest BCUT2D eigenvalue weighted by Gasteiger charge is -2.11. The van der Waals surface area contributed by atoms with Crippen LogP contribution in [0.1, 0.15) is 19.4 Å². The van der Waals surface area contributed by atoms with Gasteiger partial charge in [-0.05, 0) is 12.0 Å². The predicted molar refractivity (Wildman–Crippen MR) is 78.2 cm³/mol. The van der Waals surface area contributed by atoms with Gasteiger partial charge in [0, 0.05) is 25.2 Å². The summed E-state index contributed by atoms with van der Waals surface area (Å²) in [6.45, 7) is 4.74. The van der Waals surface area contributed by atoms with E-state index < -0.39 is 11.0 Å². The van der Waals surface area contributed by atoms with Crippen LogP contribution in [0.4, 0.5) is 5.69 Å². The second-order valence-electron chi connectivity index (χ2n) is 3.81. The molecule has 0 aliphatic carbocycles. The molecular formula is C13H22N4O3. The molecule has 7 heteroatoms. The van der Waals surface area contributed by atoms with Crippen molar-refractivity contribution in [2.24, 2.45) is 11.5 Å². The minimum atomic E-state index is -0.682. The van der Waals surface area contributed by atoms with E-state index in [4.69, 9.17) is 11.5 Å². The van der Waals surface area contributed by atoms with Crippen molar-refractivity contribution in [2.75, 3.05) is 13.1 Å². The van der Waals surface area contributed by atoms with Gasteiger partial charge in [-0.15, -0.1) is 0 Å². The van der Waals surface area contributed by atoms with Crippen LogP contribution >= 0.6 is 0 Å². The number of carbonyl (C=O) groups excluding carboxylic acids is 1. The lowest BCUT2D eigenvalue weighted by Crippen LogP contribution is -2.43. The van der Waals surface area contributed by atoms with E-state index in [1.807, 2.05) is 13.8 Å². The maximum absolute atomic E-state index is 11.5. The van der Waals surface area contributed by atoms with Crippen LogP contribution in [0.5, 0.6) is 0 Å². The molecule has 1 rings (SSSR count). The molecule has 1 aromatic carbocycles. The topological polar surface area (TPSA) is 124 Å². The molecule has 7 nitrogen and oxygen atoms in total. The Morgan fingerprint density at radius 1 is 1.35 bits per heavy atom. The Kier molecular flexibility index (Phi) is 8.89. The summed E-state index contributed by atoms with van der Waals surface area (Å²) in [5.41, 5.74) is 11.7. The average molecular weight is 282 g/mol. The average Bonchev–Trinajstić information content (AvgIpc) is 2.47. The number of hydrogen-bond acceptors (Lipinski definition) is 5. The third-order valence-corrected chi connectivity index (χ3v) is 2.38. The summed E-state index contributed by atoms with van der Waals surface area (Å²) in [4.78, 5) is 21.5. The van der Waals surface area contributed by atoms with E-state index in [9.17, 15) is 14.9 Å². The third-order valence-electron chi connectivity index (χ3n) is 2.38. The molecule has 0 radical (unpaired) electrons. The molecule has 112 valence electrons. The number of carbonyl (C=O) groups is 1. The predicted octanol–water partition coefficient (Wildman–Crippen LogP) is 0.566. The van der Waals surface area contributed by atoms with Crippen molar-refractivity contribution in [3.63, 3.8) is 0 Å². The first-order valence-corrected chi connectivity index (χ1v) is 6.51. The van der Waals surface area contributed by atoms with Gasteiger partial charge in [0.2, 0.25) is 5.91 Å². The Hall–Kier alpha value is -1.99. The lowest BCUT2D eigenvalue weighted by atomic mass is 10.1. The quantitative estimate of drug-likeness (QED) is 0.519. The van der Waals surface area contributed by atoms with Crippen molar-refractivity contribution < 1.29 is 9.72 Å². The molecule has 1 unspecified atom stereocenters.